The van der Waals surface area contributed by atoms with E-state index in [1.54, 1.807) is 31.4 Å². The van der Waals surface area contributed by atoms with Crippen molar-refractivity contribution >= 4 is 31.9 Å². The smallest absolute Gasteiger partial charge is 0.137 e. The van der Waals surface area contributed by atoms with Crippen LogP contribution in [-0.2, 0) is 4.74 Å². The van der Waals surface area contributed by atoms with Crippen molar-refractivity contribution in [1.82, 2.24) is 0 Å². The zero-order valence-corrected chi connectivity index (χ0v) is 16.0. The first-order valence-corrected chi connectivity index (χ1v) is 8.30. The molecule has 124 valence electrons. The molecule has 5 nitrogen and oxygen atoms in total. The van der Waals surface area contributed by atoms with Gasteiger partial charge in [0, 0.05) is 16.1 Å². The molecule has 0 fully saturated rings. The largest absolute Gasteiger partial charge is 0.507 e. The van der Waals surface area contributed by atoms with Crippen molar-refractivity contribution in [3.05, 3.63) is 56.5 Å². The van der Waals surface area contributed by atoms with Crippen molar-refractivity contribution in [3.8, 4) is 23.6 Å². The number of nitriles is 2. The first-order valence-electron chi connectivity index (χ1n) is 6.71. The van der Waals surface area contributed by atoms with Crippen LogP contribution in [0, 0.1) is 22.7 Å². The van der Waals surface area contributed by atoms with Crippen LogP contribution < -0.4 is 4.74 Å². The van der Waals surface area contributed by atoms with Crippen LogP contribution in [0.15, 0.2) is 45.3 Å². The Hall–Kier alpha value is -2.06. The van der Waals surface area contributed by atoms with Crippen molar-refractivity contribution < 1.29 is 14.6 Å². The molecule has 2 rings (SSSR count). The van der Waals surface area contributed by atoms with Crippen molar-refractivity contribution in [1.29, 1.82) is 10.5 Å². The number of nitrogens with zero attached hydrogens (tertiary/aromatic N) is 2. The standard InChI is InChI=1S/C10H10BrNO2.C7H4BrNO/c1-13-4-5-14-10-3-2-9(11)6-8(10)7-12;8-6-1-2-7(10)5(3-6)4-9/h2-3,6H,4-5H2,1H3;1-3,10H. The van der Waals surface area contributed by atoms with Crippen LogP contribution >= 0.6 is 31.9 Å². The molecule has 7 heteroatoms. The highest BCUT2D eigenvalue weighted by molar-refractivity contribution is 9.10. The van der Waals surface area contributed by atoms with Gasteiger partial charge in [-0.25, -0.2) is 0 Å². The summed E-state index contributed by atoms with van der Waals surface area (Å²) < 4.78 is 11.9. The maximum atomic E-state index is 8.99. The van der Waals surface area contributed by atoms with E-state index in [1.165, 1.54) is 6.07 Å². The number of halogens is 2. The van der Waals surface area contributed by atoms with Crippen LogP contribution in [0.2, 0.25) is 0 Å². The van der Waals surface area contributed by atoms with Crippen molar-refractivity contribution in [2.24, 2.45) is 0 Å². The Kier molecular flexibility index (Phi) is 8.88. The van der Waals surface area contributed by atoms with Gasteiger partial charge in [-0.05, 0) is 36.4 Å². The molecule has 0 spiro atoms. The number of ether oxygens (including phenoxy) is 2. The van der Waals surface area contributed by atoms with Crippen molar-refractivity contribution in [2.45, 2.75) is 0 Å². The molecule has 0 aliphatic heterocycles. The predicted octanol–water partition coefficient (Wildman–Crippen LogP) is 4.37. The quantitative estimate of drug-likeness (QED) is 0.694. The molecule has 2 aromatic carbocycles. The van der Waals surface area contributed by atoms with Gasteiger partial charge < -0.3 is 14.6 Å². The zero-order chi connectivity index (χ0) is 17.9. The van der Waals surface area contributed by atoms with Crippen molar-refractivity contribution in [3.63, 3.8) is 0 Å². The number of phenolic OH excluding ortho intramolecular Hbond substituents is 1. The monoisotopic (exact) mass is 452 g/mol. The normalized spacial score (nSPS) is 9.21. The molecule has 0 radical (unpaired) electrons. The Morgan fingerprint density at radius 2 is 1.54 bits per heavy atom. The van der Waals surface area contributed by atoms with Crippen LogP contribution in [0.4, 0.5) is 0 Å². The van der Waals surface area contributed by atoms with Gasteiger partial charge in [0.05, 0.1) is 17.7 Å². The first-order chi connectivity index (χ1) is 11.5. The van der Waals surface area contributed by atoms with Gasteiger partial charge in [0.1, 0.15) is 30.2 Å². The molecular formula is C17H14Br2N2O3. The van der Waals surface area contributed by atoms with Gasteiger partial charge in [0.2, 0.25) is 0 Å². The van der Waals surface area contributed by atoms with E-state index in [4.69, 9.17) is 25.1 Å². The second kappa shape index (κ2) is 10.7. The Bertz CT molecular complexity index is 767. The molecule has 0 aromatic heterocycles. The van der Waals surface area contributed by atoms with E-state index in [9.17, 15) is 0 Å². The third-order valence-electron chi connectivity index (χ3n) is 2.69. The lowest BCUT2D eigenvalue weighted by Crippen LogP contribution is -2.05. The van der Waals surface area contributed by atoms with Gasteiger partial charge in [-0.15, -0.1) is 0 Å². The lowest BCUT2D eigenvalue weighted by molar-refractivity contribution is 0.146. The third kappa shape index (κ3) is 6.59. The molecule has 0 unspecified atom stereocenters. The number of aromatic hydroxyl groups is 1. The third-order valence-corrected chi connectivity index (χ3v) is 3.67. The minimum absolute atomic E-state index is 0.0192. The maximum absolute atomic E-state index is 8.99. The average molecular weight is 454 g/mol. The Morgan fingerprint density at radius 1 is 0.958 bits per heavy atom. The number of benzene rings is 2. The summed E-state index contributed by atoms with van der Waals surface area (Å²) in [6.45, 7) is 0.966. The molecule has 0 aliphatic rings. The molecule has 0 heterocycles. The SMILES string of the molecule is COCCOc1ccc(Br)cc1C#N.N#Cc1cc(Br)ccc1O. The van der Waals surface area contributed by atoms with Gasteiger partial charge in [0.15, 0.2) is 0 Å². The molecule has 0 atom stereocenters. The maximum Gasteiger partial charge on any atom is 0.137 e. The molecular weight excluding hydrogens is 440 g/mol. The number of phenols is 1. The van der Waals surface area contributed by atoms with E-state index in [-0.39, 0.29) is 11.3 Å². The Morgan fingerprint density at radius 3 is 2.08 bits per heavy atom. The van der Waals surface area contributed by atoms with Crippen molar-refractivity contribution in [2.75, 3.05) is 20.3 Å². The van der Waals surface area contributed by atoms with E-state index < -0.39 is 0 Å². The summed E-state index contributed by atoms with van der Waals surface area (Å²) in [7, 11) is 1.61. The lowest BCUT2D eigenvalue weighted by Gasteiger charge is -2.06. The average Bonchev–Trinajstić information content (AvgIpc) is 2.59. The minimum Gasteiger partial charge on any atom is -0.507 e. The van der Waals surface area contributed by atoms with Crippen LogP contribution in [0.3, 0.4) is 0 Å². The van der Waals surface area contributed by atoms with E-state index in [2.05, 4.69) is 37.9 Å². The van der Waals surface area contributed by atoms with Gasteiger partial charge in [-0.2, -0.15) is 10.5 Å². The van der Waals surface area contributed by atoms with Gasteiger partial charge in [0.25, 0.3) is 0 Å². The fourth-order valence-electron chi connectivity index (χ4n) is 1.55. The van der Waals surface area contributed by atoms with E-state index in [0.717, 1.165) is 8.95 Å². The number of methoxy groups -OCH3 is 1. The summed E-state index contributed by atoms with van der Waals surface area (Å²) in [5.74, 6) is 0.610. The van der Waals surface area contributed by atoms with Gasteiger partial charge in [-0.1, -0.05) is 31.9 Å². The molecule has 1 N–H and O–H groups in total. The van der Waals surface area contributed by atoms with Crippen LogP contribution in [-0.4, -0.2) is 25.4 Å². The highest BCUT2D eigenvalue weighted by Gasteiger charge is 2.03. The van der Waals surface area contributed by atoms with Crippen LogP contribution in [0.5, 0.6) is 11.5 Å². The van der Waals surface area contributed by atoms with E-state index in [0.29, 0.717) is 24.5 Å². The summed E-state index contributed by atoms with van der Waals surface area (Å²) in [5, 5.41) is 26.2. The van der Waals surface area contributed by atoms with Crippen LogP contribution in [0.25, 0.3) is 0 Å². The number of rotatable bonds is 4. The molecule has 0 bridgehead atoms. The fourth-order valence-corrected chi connectivity index (χ4v) is 2.27. The number of hydrogen-bond acceptors (Lipinski definition) is 5. The summed E-state index contributed by atoms with van der Waals surface area (Å²) in [6.07, 6.45) is 0. The number of hydrogen-bond donors (Lipinski definition) is 1. The molecule has 0 aliphatic carbocycles. The highest BCUT2D eigenvalue weighted by atomic mass is 79.9. The van der Waals surface area contributed by atoms with Gasteiger partial charge >= 0.3 is 0 Å². The highest BCUT2D eigenvalue weighted by Crippen LogP contribution is 2.22. The van der Waals surface area contributed by atoms with Gasteiger partial charge in [-0.3, -0.25) is 0 Å². The molecule has 2 aromatic rings. The second-order valence-corrected chi connectivity index (χ2v) is 6.20. The fraction of sp³-hybridized carbons (Fsp3) is 0.176. The molecule has 0 saturated heterocycles. The molecule has 0 saturated carbocycles. The molecule has 24 heavy (non-hydrogen) atoms. The minimum atomic E-state index is 0.0192. The summed E-state index contributed by atoms with van der Waals surface area (Å²) in [4.78, 5) is 0. The Labute approximate surface area is 157 Å². The lowest BCUT2D eigenvalue weighted by atomic mass is 10.2. The molecule has 0 amide bonds. The first kappa shape index (κ1) is 20.0. The zero-order valence-electron chi connectivity index (χ0n) is 12.8. The second-order valence-electron chi connectivity index (χ2n) is 4.37. The van der Waals surface area contributed by atoms with E-state index >= 15 is 0 Å². The predicted molar refractivity (Wildman–Crippen MR) is 96.7 cm³/mol. The van der Waals surface area contributed by atoms with Crippen LogP contribution in [0.1, 0.15) is 11.1 Å². The van der Waals surface area contributed by atoms with E-state index in [1.807, 2.05) is 12.1 Å². The Balaban J connectivity index is 0.000000254. The summed E-state index contributed by atoms with van der Waals surface area (Å²) >= 11 is 6.46. The topological polar surface area (TPSA) is 86.3 Å². The summed E-state index contributed by atoms with van der Waals surface area (Å²) in [5.41, 5.74) is 0.810. The summed E-state index contributed by atoms with van der Waals surface area (Å²) in [6, 6.07) is 14.0.